The first-order chi connectivity index (χ1) is 7.72. The highest BCUT2D eigenvalue weighted by molar-refractivity contribution is 5.96. The van der Waals surface area contributed by atoms with Gasteiger partial charge in [0.05, 0.1) is 7.11 Å². The van der Waals surface area contributed by atoms with Crippen LogP contribution in [0.4, 0.5) is 10.5 Å². The molecule has 0 aliphatic rings. The van der Waals surface area contributed by atoms with Gasteiger partial charge in [0.1, 0.15) is 5.69 Å². The number of carbonyl (C=O) groups is 1. The molecule has 0 fully saturated rings. The van der Waals surface area contributed by atoms with E-state index in [1.807, 2.05) is 0 Å². The van der Waals surface area contributed by atoms with Gasteiger partial charge < -0.3 is 9.94 Å². The number of aromatic nitrogens is 1. The van der Waals surface area contributed by atoms with Crippen molar-refractivity contribution in [3.63, 3.8) is 0 Å². The molecular weight excluding hydrogens is 208 g/mol. The van der Waals surface area contributed by atoms with E-state index in [4.69, 9.17) is 0 Å². The van der Waals surface area contributed by atoms with Crippen LogP contribution in [0.2, 0.25) is 0 Å². The number of hydrogen-bond acceptors (Lipinski definition) is 3. The van der Waals surface area contributed by atoms with Gasteiger partial charge in [-0.15, -0.1) is 0 Å². The van der Waals surface area contributed by atoms with Crippen LogP contribution in [-0.4, -0.2) is 13.2 Å². The van der Waals surface area contributed by atoms with Crippen LogP contribution in [0, 0.1) is 5.21 Å². The third kappa shape index (κ3) is 1.75. The van der Waals surface area contributed by atoms with E-state index in [-0.39, 0.29) is 0 Å². The SMILES string of the molecule is COC(=O)Nc1cccc2ccc[n+]([O-])c12. The first kappa shape index (κ1) is 10.2. The smallest absolute Gasteiger partial charge is 0.411 e. The van der Waals surface area contributed by atoms with Crippen LogP contribution >= 0.6 is 0 Å². The zero-order chi connectivity index (χ0) is 11.5. The van der Waals surface area contributed by atoms with E-state index in [2.05, 4.69) is 10.1 Å². The molecule has 0 aliphatic heterocycles. The lowest BCUT2D eigenvalue weighted by Gasteiger charge is -2.07. The van der Waals surface area contributed by atoms with E-state index in [1.165, 1.54) is 13.3 Å². The van der Waals surface area contributed by atoms with Gasteiger partial charge in [0.2, 0.25) is 5.52 Å². The molecule has 82 valence electrons. The van der Waals surface area contributed by atoms with Crippen molar-refractivity contribution in [3.05, 3.63) is 41.7 Å². The van der Waals surface area contributed by atoms with E-state index < -0.39 is 6.09 Å². The Morgan fingerprint density at radius 1 is 1.38 bits per heavy atom. The lowest BCUT2D eigenvalue weighted by atomic mass is 10.2. The monoisotopic (exact) mass is 218 g/mol. The van der Waals surface area contributed by atoms with Crippen molar-refractivity contribution in [3.8, 4) is 0 Å². The summed E-state index contributed by atoms with van der Waals surface area (Å²) in [7, 11) is 1.27. The minimum atomic E-state index is -0.601. The predicted molar refractivity (Wildman–Crippen MR) is 58.9 cm³/mol. The molecule has 0 unspecified atom stereocenters. The Hall–Kier alpha value is -2.30. The van der Waals surface area contributed by atoms with Gasteiger partial charge in [-0.3, -0.25) is 5.32 Å². The van der Waals surface area contributed by atoms with Crippen LogP contribution in [0.15, 0.2) is 36.5 Å². The number of amides is 1. The average Bonchev–Trinajstić information content (AvgIpc) is 2.29. The molecule has 2 aromatic rings. The minimum absolute atomic E-state index is 0.412. The van der Waals surface area contributed by atoms with Crippen molar-refractivity contribution in [1.82, 2.24) is 0 Å². The van der Waals surface area contributed by atoms with Gasteiger partial charge in [0.15, 0.2) is 6.20 Å². The number of ether oxygens (including phenoxy) is 1. The summed E-state index contributed by atoms with van der Waals surface area (Å²) in [5, 5.41) is 14.8. The van der Waals surface area contributed by atoms with Crippen LogP contribution in [-0.2, 0) is 4.74 Å². The number of carbonyl (C=O) groups excluding carboxylic acids is 1. The van der Waals surface area contributed by atoms with Crippen molar-refractivity contribution < 1.29 is 14.3 Å². The van der Waals surface area contributed by atoms with E-state index >= 15 is 0 Å². The van der Waals surface area contributed by atoms with Gasteiger partial charge in [0, 0.05) is 11.5 Å². The summed E-state index contributed by atoms with van der Waals surface area (Å²) in [4.78, 5) is 11.1. The molecule has 1 amide bonds. The fraction of sp³-hybridized carbons (Fsp3) is 0.0909. The standard InChI is InChI=1S/C11H10N2O3/c1-16-11(14)12-9-6-2-4-8-5-3-7-13(15)10(8)9/h2-7H,1H3,(H,12,14). The number of hydrogen-bond donors (Lipinski definition) is 1. The van der Waals surface area contributed by atoms with Crippen molar-refractivity contribution in [2.45, 2.75) is 0 Å². The van der Waals surface area contributed by atoms with Gasteiger partial charge >= 0.3 is 6.09 Å². The summed E-state index contributed by atoms with van der Waals surface area (Å²) in [6.45, 7) is 0. The van der Waals surface area contributed by atoms with Gasteiger partial charge in [-0.25, -0.2) is 4.79 Å². The van der Waals surface area contributed by atoms with Gasteiger partial charge in [-0.05, 0) is 18.2 Å². The number of fused-ring (bicyclic) bond motifs is 1. The Morgan fingerprint density at radius 2 is 2.12 bits per heavy atom. The predicted octanol–water partition coefficient (Wildman–Crippen LogP) is 1.65. The largest absolute Gasteiger partial charge is 0.618 e. The Kier molecular flexibility index (Phi) is 2.59. The number of nitrogens with one attached hydrogen (secondary N) is 1. The molecule has 1 aromatic carbocycles. The van der Waals surface area contributed by atoms with Crippen LogP contribution in [0.5, 0.6) is 0 Å². The molecule has 0 saturated carbocycles. The number of methoxy groups -OCH3 is 1. The summed E-state index contributed by atoms with van der Waals surface area (Å²) in [6.07, 6.45) is 0.779. The molecule has 0 bridgehead atoms. The van der Waals surface area contributed by atoms with E-state index in [0.717, 1.165) is 5.39 Å². The molecule has 1 aromatic heterocycles. The molecule has 5 heteroatoms. The Labute approximate surface area is 91.8 Å². The number of anilines is 1. The Morgan fingerprint density at radius 3 is 2.88 bits per heavy atom. The zero-order valence-electron chi connectivity index (χ0n) is 8.64. The topological polar surface area (TPSA) is 65.3 Å². The van der Waals surface area contributed by atoms with Crippen molar-refractivity contribution in [2.24, 2.45) is 0 Å². The Balaban J connectivity index is 2.56. The second-order valence-electron chi connectivity index (χ2n) is 3.19. The van der Waals surface area contributed by atoms with Gasteiger partial charge in [-0.1, -0.05) is 6.07 Å². The van der Waals surface area contributed by atoms with Crippen LogP contribution in [0.25, 0.3) is 10.9 Å². The number of pyridine rings is 1. The van der Waals surface area contributed by atoms with Gasteiger partial charge in [-0.2, -0.15) is 4.73 Å². The quantitative estimate of drug-likeness (QED) is 0.584. The molecule has 0 atom stereocenters. The molecule has 0 radical (unpaired) electrons. The summed E-state index contributed by atoms with van der Waals surface area (Å²) in [5.74, 6) is 0. The first-order valence-electron chi connectivity index (χ1n) is 4.68. The second-order valence-corrected chi connectivity index (χ2v) is 3.19. The van der Waals surface area contributed by atoms with E-state index in [9.17, 15) is 10.0 Å². The zero-order valence-corrected chi connectivity index (χ0v) is 8.64. The summed E-state index contributed by atoms with van der Waals surface area (Å²) < 4.78 is 5.19. The molecule has 0 saturated heterocycles. The molecule has 16 heavy (non-hydrogen) atoms. The number of nitrogens with zero attached hydrogens (tertiary/aromatic N) is 1. The minimum Gasteiger partial charge on any atom is -0.618 e. The summed E-state index contributed by atoms with van der Waals surface area (Å²) in [6, 6.07) is 8.65. The average molecular weight is 218 g/mol. The highest BCUT2D eigenvalue weighted by atomic mass is 16.5. The van der Waals surface area contributed by atoms with Crippen molar-refractivity contribution in [1.29, 1.82) is 0 Å². The molecule has 0 spiro atoms. The number of para-hydroxylation sites is 1. The maximum atomic E-state index is 11.6. The second kappa shape index (κ2) is 4.06. The lowest BCUT2D eigenvalue weighted by molar-refractivity contribution is -0.576. The van der Waals surface area contributed by atoms with Gasteiger partial charge in [0.25, 0.3) is 0 Å². The number of benzene rings is 1. The molecular formula is C11H10N2O3. The fourth-order valence-electron chi connectivity index (χ4n) is 1.50. The van der Waals surface area contributed by atoms with Crippen LogP contribution < -0.4 is 10.0 Å². The highest BCUT2D eigenvalue weighted by Crippen LogP contribution is 2.19. The molecule has 2 rings (SSSR count). The normalized spacial score (nSPS) is 10.1. The maximum Gasteiger partial charge on any atom is 0.411 e. The molecule has 5 nitrogen and oxygen atoms in total. The highest BCUT2D eigenvalue weighted by Gasteiger charge is 2.11. The first-order valence-corrected chi connectivity index (χ1v) is 4.68. The number of rotatable bonds is 1. The molecule has 1 N–H and O–H groups in total. The van der Waals surface area contributed by atoms with Crippen molar-refractivity contribution in [2.75, 3.05) is 12.4 Å². The fourth-order valence-corrected chi connectivity index (χ4v) is 1.50. The van der Waals surface area contributed by atoms with E-state index in [0.29, 0.717) is 15.9 Å². The lowest BCUT2D eigenvalue weighted by Crippen LogP contribution is -2.27. The third-order valence-corrected chi connectivity index (χ3v) is 2.21. The summed E-state index contributed by atoms with van der Waals surface area (Å²) >= 11 is 0. The third-order valence-electron chi connectivity index (χ3n) is 2.21. The summed E-state index contributed by atoms with van der Waals surface area (Å²) in [5.41, 5.74) is 0.843. The molecule has 0 aliphatic carbocycles. The van der Waals surface area contributed by atoms with Crippen LogP contribution in [0.1, 0.15) is 0 Å². The Bertz CT molecular complexity index is 534. The van der Waals surface area contributed by atoms with Crippen molar-refractivity contribution >= 4 is 22.7 Å². The maximum absolute atomic E-state index is 11.6. The van der Waals surface area contributed by atoms with E-state index in [1.54, 1.807) is 30.3 Å². The van der Waals surface area contributed by atoms with Crippen LogP contribution in [0.3, 0.4) is 0 Å². The molecule has 1 heterocycles.